The van der Waals surface area contributed by atoms with Crippen LogP contribution < -0.4 is 16.7 Å². The van der Waals surface area contributed by atoms with Crippen LogP contribution in [-0.2, 0) is 6.54 Å². The molecule has 0 radical (unpaired) electrons. The van der Waals surface area contributed by atoms with Crippen LogP contribution in [0.25, 0.3) is 27.2 Å². The number of hydrogen-bond donors (Lipinski definition) is 0. The SMILES string of the molecule is CN(C)CCCn1c(=O)c2cccc3c(=O)c4ccccc4n(c1=O)c32. The van der Waals surface area contributed by atoms with Crippen LogP contribution in [0.5, 0.6) is 0 Å². The van der Waals surface area contributed by atoms with E-state index in [0.717, 1.165) is 6.54 Å². The Hall–Kier alpha value is -2.99. The van der Waals surface area contributed by atoms with Gasteiger partial charge < -0.3 is 4.90 Å². The molecule has 6 heteroatoms. The number of pyridine rings is 1. The van der Waals surface area contributed by atoms with E-state index in [0.29, 0.717) is 40.2 Å². The fourth-order valence-corrected chi connectivity index (χ4v) is 3.56. The summed E-state index contributed by atoms with van der Waals surface area (Å²) in [5, 5.41) is 1.28. The fourth-order valence-electron chi connectivity index (χ4n) is 3.56. The Kier molecular flexibility index (Phi) is 3.85. The van der Waals surface area contributed by atoms with Crippen LogP contribution in [0, 0.1) is 0 Å². The lowest BCUT2D eigenvalue weighted by Gasteiger charge is -2.14. The van der Waals surface area contributed by atoms with Crippen molar-refractivity contribution in [3.63, 3.8) is 0 Å². The molecule has 2 heterocycles. The van der Waals surface area contributed by atoms with E-state index < -0.39 is 5.69 Å². The summed E-state index contributed by atoms with van der Waals surface area (Å²) in [5.41, 5.74) is 0.0562. The van der Waals surface area contributed by atoms with Crippen LogP contribution in [0.15, 0.2) is 56.8 Å². The van der Waals surface area contributed by atoms with Gasteiger partial charge in [-0.25, -0.2) is 4.79 Å². The molecule has 0 atom stereocenters. The minimum atomic E-state index is -0.395. The Morgan fingerprint density at radius 2 is 1.58 bits per heavy atom. The van der Waals surface area contributed by atoms with Crippen LogP contribution in [-0.4, -0.2) is 34.5 Å². The topological polar surface area (TPSA) is 63.8 Å². The standard InChI is InChI=1S/C20H19N3O3/c1-21(2)11-6-12-22-19(25)15-9-5-8-14-17(15)23(20(22)26)16-10-4-3-7-13(16)18(14)24/h3-5,7-10H,6,11-12H2,1-2H3. The Labute approximate surface area is 148 Å². The largest absolute Gasteiger partial charge is 0.336 e. The van der Waals surface area contributed by atoms with Crippen molar-refractivity contribution in [1.82, 2.24) is 13.9 Å². The van der Waals surface area contributed by atoms with Gasteiger partial charge in [0.2, 0.25) is 0 Å². The summed E-state index contributed by atoms with van der Waals surface area (Å²) in [6, 6.07) is 12.1. The fraction of sp³-hybridized carbons (Fsp3) is 0.250. The van der Waals surface area contributed by atoms with Gasteiger partial charge in [-0.2, -0.15) is 0 Å². The molecule has 132 valence electrons. The van der Waals surface area contributed by atoms with E-state index in [9.17, 15) is 14.4 Å². The maximum Gasteiger partial charge on any atom is 0.336 e. The van der Waals surface area contributed by atoms with Crippen LogP contribution in [0.4, 0.5) is 0 Å². The van der Waals surface area contributed by atoms with Crippen LogP contribution >= 0.6 is 0 Å². The smallest absolute Gasteiger partial charge is 0.309 e. The molecule has 0 spiro atoms. The minimum Gasteiger partial charge on any atom is -0.309 e. The first-order valence-electron chi connectivity index (χ1n) is 8.58. The molecular weight excluding hydrogens is 330 g/mol. The summed E-state index contributed by atoms with van der Waals surface area (Å²) >= 11 is 0. The number of para-hydroxylation sites is 2. The Morgan fingerprint density at radius 3 is 2.35 bits per heavy atom. The van der Waals surface area contributed by atoms with Crippen molar-refractivity contribution in [2.75, 3.05) is 20.6 Å². The molecule has 0 bridgehead atoms. The first kappa shape index (κ1) is 16.5. The van der Waals surface area contributed by atoms with Gasteiger partial charge in [0.05, 0.1) is 16.4 Å². The molecular formula is C20H19N3O3. The monoisotopic (exact) mass is 349 g/mol. The average molecular weight is 349 g/mol. The van der Waals surface area contributed by atoms with E-state index in [1.54, 1.807) is 42.5 Å². The van der Waals surface area contributed by atoms with E-state index >= 15 is 0 Å². The summed E-state index contributed by atoms with van der Waals surface area (Å²) < 4.78 is 2.79. The van der Waals surface area contributed by atoms with Gasteiger partial charge in [-0.15, -0.1) is 0 Å². The lowest BCUT2D eigenvalue weighted by atomic mass is 10.1. The van der Waals surface area contributed by atoms with Crippen LogP contribution in [0.2, 0.25) is 0 Å². The Balaban J connectivity index is 2.16. The second-order valence-corrected chi connectivity index (χ2v) is 6.78. The van der Waals surface area contributed by atoms with Gasteiger partial charge in [-0.3, -0.25) is 18.6 Å². The zero-order valence-electron chi connectivity index (χ0n) is 14.7. The van der Waals surface area contributed by atoms with Gasteiger partial charge in [0.25, 0.3) is 5.56 Å². The molecule has 0 fully saturated rings. The number of fused-ring (bicyclic) bond motifs is 2. The first-order chi connectivity index (χ1) is 12.5. The predicted molar refractivity (Wildman–Crippen MR) is 104 cm³/mol. The third-order valence-electron chi connectivity index (χ3n) is 4.78. The average Bonchev–Trinajstić information content (AvgIpc) is 2.63. The molecule has 26 heavy (non-hydrogen) atoms. The Bertz CT molecular complexity index is 1300. The van der Waals surface area contributed by atoms with Gasteiger partial charge >= 0.3 is 5.69 Å². The highest BCUT2D eigenvalue weighted by atomic mass is 16.2. The van der Waals surface area contributed by atoms with Gasteiger partial charge in [-0.1, -0.05) is 18.2 Å². The van der Waals surface area contributed by atoms with Crippen molar-refractivity contribution in [2.45, 2.75) is 13.0 Å². The molecule has 0 N–H and O–H groups in total. The summed E-state index contributed by atoms with van der Waals surface area (Å²) in [5.74, 6) is 0. The highest BCUT2D eigenvalue weighted by molar-refractivity contribution is 6.01. The van der Waals surface area contributed by atoms with Crippen molar-refractivity contribution < 1.29 is 0 Å². The predicted octanol–water partition coefficient (Wildman–Crippen LogP) is 1.52. The number of nitrogens with zero attached hydrogens (tertiary/aromatic N) is 3. The van der Waals surface area contributed by atoms with Gasteiger partial charge in [-0.05, 0) is 51.3 Å². The van der Waals surface area contributed by atoms with Crippen LogP contribution in [0.1, 0.15) is 6.42 Å². The minimum absolute atomic E-state index is 0.157. The van der Waals surface area contributed by atoms with E-state index in [-0.39, 0.29) is 11.0 Å². The molecule has 0 aliphatic heterocycles. The summed E-state index contributed by atoms with van der Waals surface area (Å²) in [4.78, 5) is 40.9. The van der Waals surface area contributed by atoms with E-state index in [1.807, 2.05) is 19.0 Å². The molecule has 0 saturated heterocycles. The second-order valence-electron chi connectivity index (χ2n) is 6.78. The zero-order chi connectivity index (χ0) is 18.4. The van der Waals surface area contributed by atoms with Crippen molar-refractivity contribution in [3.05, 3.63) is 73.5 Å². The maximum absolute atomic E-state index is 13.2. The molecule has 2 aromatic heterocycles. The van der Waals surface area contributed by atoms with Gasteiger partial charge in [0.1, 0.15) is 0 Å². The highest BCUT2D eigenvalue weighted by Crippen LogP contribution is 2.19. The number of rotatable bonds is 4. The molecule has 0 amide bonds. The van der Waals surface area contributed by atoms with Crippen molar-refractivity contribution in [3.8, 4) is 0 Å². The molecule has 0 aliphatic carbocycles. The number of benzene rings is 2. The molecule has 6 nitrogen and oxygen atoms in total. The van der Waals surface area contributed by atoms with E-state index in [2.05, 4.69) is 0 Å². The zero-order valence-corrected chi connectivity index (χ0v) is 14.7. The lowest BCUT2D eigenvalue weighted by Crippen LogP contribution is -2.39. The molecule has 2 aromatic carbocycles. The Morgan fingerprint density at radius 1 is 0.885 bits per heavy atom. The van der Waals surface area contributed by atoms with Gasteiger partial charge in [0.15, 0.2) is 5.43 Å². The lowest BCUT2D eigenvalue weighted by molar-refractivity contribution is 0.382. The molecule has 0 unspecified atom stereocenters. The van der Waals surface area contributed by atoms with Crippen LogP contribution in [0.3, 0.4) is 0 Å². The third kappa shape index (κ3) is 2.34. The normalized spacial score (nSPS) is 12.0. The van der Waals surface area contributed by atoms with Gasteiger partial charge in [0, 0.05) is 17.3 Å². The first-order valence-corrected chi connectivity index (χ1v) is 8.58. The van der Waals surface area contributed by atoms with E-state index in [1.165, 1.54) is 8.97 Å². The third-order valence-corrected chi connectivity index (χ3v) is 4.78. The molecule has 0 aliphatic rings. The summed E-state index contributed by atoms with van der Waals surface area (Å²) in [6.45, 7) is 1.12. The molecule has 0 saturated carbocycles. The molecule has 4 rings (SSSR count). The number of aromatic nitrogens is 2. The maximum atomic E-state index is 13.2. The summed E-state index contributed by atoms with van der Waals surface area (Å²) in [6.07, 6.45) is 0.688. The highest BCUT2D eigenvalue weighted by Gasteiger charge is 2.17. The van der Waals surface area contributed by atoms with E-state index in [4.69, 9.17) is 0 Å². The van der Waals surface area contributed by atoms with Crippen molar-refractivity contribution in [1.29, 1.82) is 0 Å². The quantitative estimate of drug-likeness (QED) is 0.414. The second kappa shape index (κ2) is 6.07. The number of hydrogen-bond acceptors (Lipinski definition) is 4. The van der Waals surface area contributed by atoms with Crippen molar-refractivity contribution in [2.24, 2.45) is 0 Å². The summed E-state index contributed by atoms with van der Waals surface area (Å²) in [7, 11) is 3.90. The van der Waals surface area contributed by atoms with Crippen molar-refractivity contribution >= 4 is 27.2 Å². The molecule has 4 aromatic rings.